The zero-order valence-corrected chi connectivity index (χ0v) is 9.93. The molecule has 0 fully saturated rings. The van der Waals surface area contributed by atoms with E-state index in [1.54, 1.807) is 20.0 Å². The molecule has 1 unspecified atom stereocenters. The molecule has 0 spiro atoms. The number of rotatable bonds is 5. The maximum atomic E-state index is 11.8. The van der Waals surface area contributed by atoms with Gasteiger partial charge in [-0.15, -0.1) is 0 Å². The highest BCUT2D eigenvalue weighted by Crippen LogP contribution is 2.02. The van der Waals surface area contributed by atoms with Crippen LogP contribution >= 0.6 is 0 Å². The summed E-state index contributed by atoms with van der Waals surface area (Å²) in [5.74, 6) is -1.63. The number of hydrogen-bond donors (Lipinski definition) is 2. The average molecular weight is 241 g/mol. The molecule has 7 nitrogen and oxygen atoms in total. The second-order valence-electron chi connectivity index (χ2n) is 3.61. The van der Waals surface area contributed by atoms with Gasteiger partial charge in [-0.3, -0.25) is 9.48 Å². The van der Waals surface area contributed by atoms with Crippen molar-refractivity contribution in [2.24, 2.45) is 7.05 Å². The van der Waals surface area contributed by atoms with E-state index in [4.69, 9.17) is 9.84 Å². The molecule has 1 aromatic heterocycles. The number of aliphatic carboxylic acids is 1. The number of carboxylic acids is 1. The van der Waals surface area contributed by atoms with Crippen LogP contribution in [-0.4, -0.2) is 46.5 Å². The lowest BCUT2D eigenvalue weighted by Crippen LogP contribution is -2.44. The van der Waals surface area contributed by atoms with Gasteiger partial charge < -0.3 is 15.2 Å². The Bertz CT molecular complexity index is 427. The lowest BCUT2D eigenvalue weighted by atomic mass is 10.3. The number of nitrogens with one attached hydrogen (secondary N) is 1. The Labute approximate surface area is 98.4 Å². The van der Waals surface area contributed by atoms with Crippen molar-refractivity contribution in [2.45, 2.75) is 13.0 Å². The maximum absolute atomic E-state index is 11.8. The molecule has 0 radical (unpaired) electrons. The molecule has 0 aliphatic carbocycles. The Morgan fingerprint density at radius 1 is 1.65 bits per heavy atom. The van der Waals surface area contributed by atoms with E-state index in [-0.39, 0.29) is 6.61 Å². The number of carbonyl (C=O) groups excluding carboxylic acids is 1. The van der Waals surface area contributed by atoms with E-state index in [1.807, 2.05) is 0 Å². The third-order valence-electron chi connectivity index (χ3n) is 2.17. The van der Waals surface area contributed by atoms with Crippen molar-refractivity contribution in [1.29, 1.82) is 0 Å². The smallest absolute Gasteiger partial charge is 0.328 e. The number of aromatic nitrogens is 2. The highest BCUT2D eigenvalue weighted by Gasteiger charge is 2.22. The zero-order valence-electron chi connectivity index (χ0n) is 9.93. The fourth-order valence-electron chi connectivity index (χ4n) is 1.40. The third kappa shape index (κ3) is 3.28. The molecular weight excluding hydrogens is 226 g/mol. The van der Waals surface area contributed by atoms with Gasteiger partial charge in [0.1, 0.15) is 5.69 Å². The minimum Gasteiger partial charge on any atom is -0.480 e. The summed E-state index contributed by atoms with van der Waals surface area (Å²) < 4.78 is 6.12. The van der Waals surface area contributed by atoms with E-state index < -0.39 is 17.9 Å². The normalized spacial score (nSPS) is 12.2. The molecular formula is C10H15N3O4. The largest absolute Gasteiger partial charge is 0.480 e. The second-order valence-corrected chi connectivity index (χ2v) is 3.61. The SMILES string of the molecule is COCC(NC(=O)c1cc(C)nn1C)C(=O)O. The molecule has 0 aliphatic heterocycles. The van der Waals surface area contributed by atoms with Crippen molar-refractivity contribution in [3.05, 3.63) is 17.5 Å². The van der Waals surface area contributed by atoms with Crippen molar-refractivity contribution >= 4 is 11.9 Å². The number of nitrogens with zero attached hydrogens (tertiary/aromatic N) is 2. The van der Waals surface area contributed by atoms with Crippen molar-refractivity contribution in [1.82, 2.24) is 15.1 Å². The molecule has 1 amide bonds. The number of carboxylic acid groups (broad SMARTS) is 1. The first-order valence-electron chi connectivity index (χ1n) is 4.99. The van der Waals surface area contributed by atoms with Gasteiger partial charge in [-0.25, -0.2) is 4.79 Å². The van der Waals surface area contributed by atoms with Gasteiger partial charge in [-0.2, -0.15) is 5.10 Å². The average Bonchev–Trinajstić information content (AvgIpc) is 2.57. The summed E-state index contributed by atoms with van der Waals surface area (Å²) in [6.07, 6.45) is 0. The molecule has 2 N–H and O–H groups in total. The summed E-state index contributed by atoms with van der Waals surface area (Å²) >= 11 is 0. The molecule has 1 rings (SSSR count). The van der Waals surface area contributed by atoms with Gasteiger partial charge in [0.25, 0.3) is 5.91 Å². The fourth-order valence-corrected chi connectivity index (χ4v) is 1.40. The van der Waals surface area contributed by atoms with Crippen LogP contribution in [0.25, 0.3) is 0 Å². The third-order valence-corrected chi connectivity index (χ3v) is 2.17. The Kier molecular flexibility index (Phi) is 4.22. The monoisotopic (exact) mass is 241 g/mol. The standard InChI is InChI=1S/C10H15N3O4/c1-6-4-8(13(2)12-6)9(14)11-7(5-17-3)10(15)16/h4,7H,5H2,1-3H3,(H,11,14)(H,15,16). The number of aryl methyl sites for hydroxylation is 2. The molecule has 1 heterocycles. The van der Waals surface area contributed by atoms with E-state index in [9.17, 15) is 9.59 Å². The summed E-state index contributed by atoms with van der Waals surface area (Å²) in [5.41, 5.74) is 1.00. The highest BCUT2D eigenvalue weighted by atomic mass is 16.5. The maximum Gasteiger partial charge on any atom is 0.328 e. The Balaban J connectivity index is 2.77. The van der Waals surface area contributed by atoms with Crippen molar-refractivity contribution < 1.29 is 19.4 Å². The summed E-state index contributed by atoms with van der Waals surface area (Å²) in [5, 5.41) is 15.2. The summed E-state index contributed by atoms with van der Waals surface area (Å²) in [7, 11) is 2.99. The quantitative estimate of drug-likeness (QED) is 0.728. The molecule has 0 bridgehead atoms. The predicted molar refractivity (Wildman–Crippen MR) is 58.7 cm³/mol. The van der Waals surface area contributed by atoms with Crippen LogP contribution in [0.4, 0.5) is 0 Å². The van der Waals surface area contributed by atoms with E-state index in [2.05, 4.69) is 10.4 Å². The van der Waals surface area contributed by atoms with E-state index in [1.165, 1.54) is 11.8 Å². The van der Waals surface area contributed by atoms with Gasteiger partial charge in [0.2, 0.25) is 0 Å². The van der Waals surface area contributed by atoms with Crippen LogP contribution in [0.5, 0.6) is 0 Å². The van der Waals surface area contributed by atoms with Crippen LogP contribution < -0.4 is 5.32 Å². The molecule has 7 heteroatoms. The molecule has 0 aliphatic rings. The first-order chi connectivity index (χ1) is 7.95. The van der Waals surface area contributed by atoms with Gasteiger partial charge in [0.05, 0.1) is 12.3 Å². The molecule has 1 atom stereocenters. The lowest BCUT2D eigenvalue weighted by molar-refractivity contribution is -0.140. The van der Waals surface area contributed by atoms with E-state index in [0.29, 0.717) is 11.4 Å². The minimum absolute atomic E-state index is 0.0854. The van der Waals surface area contributed by atoms with Crippen LogP contribution in [-0.2, 0) is 16.6 Å². The van der Waals surface area contributed by atoms with Gasteiger partial charge in [0, 0.05) is 14.2 Å². The summed E-state index contributed by atoms with van der Waals surface area (Å²) in [6, 6.07) is 0.517. The lowest BCUT2D eigenvalue weighted by Gasteiger charge is -2.13. The van der Waals surface area contributed by atoms with Crippen LogP contribution in [0.2, 0.25) is 0 Å². The van der Waals surface area contributed by atoms with Crippen LogP contribution in [0.15, 0.2) is 6.07 Å². The molecule has 94 valence electrons. The van der Waals surface area contributed by atoms with Crippen molar-refractivity contribution in [3.63, 3.8) is 0 Å². The van der Waals surface area contributed by atoms with Crippen LogP contribution in [0.3, 0.4) is 0 Å². The van der Waals surface area contributed by atoms with Crippen molar-refractivity contribution in [2.75, 3.05) is 13.7 Å². The topological polar surface area (TPSA) is 93.5 Å². The van der Waals surface area contributed by atoms with Gasteiger partial charge in [-0.05, 0) is 13.0 Å². The highest BCUT2D eigenvalue weighted by molar-refractivity contribution is 5.95. The van der Waals surface area contributed by atoms with Gasteiger partial charge in [-0.1, -0.05) is 0 Å². The predicted octanol–water partition coefficient (Wildman–Crippen LogP) is -0.442. The van der Waals surface area contributed by atoms with Crippen LogP contribution in [0, 0.1) is 6.92 Å². The first-order valence-corrected chi connectivity index (χ1v) is 4.99. The number of amides is 1. The fraction of sp³-hybridized carbons (Fsp3) is 0.500. The first kappa shape index (κ1) is 13.2. The number of hydrogen-bond acceptors (Lipinski definition) is 4. The molecule has 0 saturated carbocycles. The van der Waals surface area contributed by atoms with Crippen molar-refractivity contribution in [3.8, 4) is 0 Å². The zero-order chi connectivity index (χ0) is 13.0. The molecule has 17 heavy (non-hydrogen) atoms. The summed E-state index contributed by atoms with van der Waals surface area (Å²) in [6.45, 7) is 1.67. The van der Waals surface area contributed by atoms with E-state index >= 15 is 0 Å². The Hall–Kier alpha value is -1.89. The van der Waals surface area contributed by atoms with E-state index in [0.717, 1.165) is 0 Å². The Morgan fingerprint density at radius 2 is 2.29 bits per heavy atom. The van der Waals surface area contributed by atoms with Gasteiger partial charge in [0.15, 0.2) is 6.04 Å². The molecule has 0 saturated heterocycles. The minimum atomic E-state index is -1.14. The number of methoxy groups -OCH3 is 1. The van der Waals surface area contributed by atoms with Gasteiger partial charge >= 0.3 is 5.97 Å². The molecule has 1 aromatic rings. The molecule has 0 aromatic carbocycles. The summed E-state index contributed by atoms with van der Waals surface area (Å²) in [4.78, 5) is 22.6. The number of ether oxygens (including phenoxy) is 1. The number of carbonyl (C=O) groups is 2. The Morgan fingerprint density at radius 3 is 2.71 bits per heavy atom. The van der Waals surface area contributed by atoms with Crippen LogP contribution in [0.1, 0.15) is 16.2 Å². The second kappa shape index (κ2) is 5.44.